The maximum atomic E-state index is 12.3. The first-order valence-electron chi connectivity index (χ1n) is 8.99. The van der Waals surface area contributed by atoms with E-state index in [0.717, 1.165) is 5.56 Å². The van der Waals surface area contributed by atoms with Crippen molar-refractivity contribution in [2.45, 2.75) is 6.92 Å². The molecule has 0 aliphatic carbocycles. The zero-order valence-corrected chi connectivity index (χ0v) is 16.0. The molecule has 8 heteroatoms. The van der Waals surface area contributed by atoms with Crippen LogP contribution in [0.5, 0.6) is 0 Å². The Balaban J connectivity index is 1.61. The molecule has 0 aliphatic heterocycles. The minimum atomic E-state index is -0.521. The molecule has 0 bridgehead atoms. The number of aryl methyl sites for hydroxylation is 1. The molecule has 0 heterocycles. The third kappa shape index (κ3) is 5.14. The quantitative estimate of drug-likeness (QED) is 0.369. The van der Waals surface area contributed by atoms with Gasteiger partial charge in [0.1, 0.15) is 0 Å². The van der Waals surface area contributed by atoms with Crippen molar-refractivity contribution in [2.24, 2.45) is 5.10 Å². The van der Waals surface area contributed by atoms with E-state index in [1.807, 2.05) is 19.1 Å². The average Bonchev–Trinajstić information content (AvgIpc) is 2.74. The number of carbonyl (C=O) groups is 2. The fourth-order valence-electron chi connectivity index (χ4n) is 2.68. The van der Waals surface area contributed by atoms with Gasteiger partial charge in [0.25, 0.3) is 17.5 Å². The van der Waals surface area contributed by atoms with Crippen molar-refractivity contribution in [3.8, 4) is 0 Å². The number of para-hydroxylation sites is 1. The molecule has 0 aromatic heterocycles. The zero-order valence-electron chi connectivity index (χ0n) is 16.0. The first-order chi connectivity index (χ1) is 14.4. The Morgan fingerprint density at radius 1 is 0.933 bits per heavy atom. The molecule has 0 saturated carbocycles. The molecule has 3 aromatic carbocycles. The second kappa shape index (κ2) is 9.24. The molecule has 0 atom stereocenters. The summed E-state index contributed by atoms with van der Waals surface area (Å²) >= 11 is 0. The topological polar surface area (TPSA) is 114 Å². The van der Waals surface area contributed by atoms with Gasteiger partial charge in [-0.15, -0.1) is 0 Å². The largest absolute Gasteiger partial charge is 0.322 e. The van der Waals surface area contributed by atoms with Crippen LogP contribution in [0.25, 0.3) is 0 Å². The van der Waals surface area contributed by atoms with E-state index in [9.17, 15) is 19.7 Å². The summed E-state index contributed by atoms with van der Waals surface area (Å²) in [4.78, 5) is 34.9. The van der Waals surface area contributed by atoms with Gasteiger partial charge in [-0.25, -0.2) is 5.43 Å². The smallest absolute Gasteiger partial charge is 0.278 e. The van der Waals surface area contributed by atoms with Gasteiger partial charge in [0.2, 0.25) is 0 Å². The lowest BCUT2D eigenvalue weighted by Crippen LogP contribution is -2.18. The highest BCUT2D eigenvalue weighted by molar-refractivity contribution is 6.04. The number of nitro groups is 1. The number of hydrogen-bond acceptors (Lipinski definition) is 5. The van der Waals surface area contributed by atoms with Crippen molar-refractivity contribution >= 4 is 29.4 Å². The number of hydrazone groups is 1. The van der Waals surface area contributed by atoms with Crippen molar-refractivity contribution in [1.82, 2.24) is 5.43 Å². The Morgan fingerprint density at radius 2 is 1.67 bits per heavy atom. The molecule has 0 spiro atoms. The van der Waals surface area contributed by atoms with Gasteiger partial charge in [0, 0.05) is 22.9 Å². The number of nitrogens with zero attached hydrogens (tertiary/aromatic N) is 2. The number of hydrogen-bond donors (Lipinski definition) is 2. The first-order valence-corrected chi connectivity index (χ1v) is 8.99. The Hall–Kier alpha value is -4.33. The number of rotatable bonds is 6. The van der Waals surface area contributed by atoms with Gasteiger partial charge in [-0.3, -0.25) is 19.7 Å². The van der Waals surface area contributed by atoms with Gasteiger partial charge in [0.05, 0.1) is 16.7 Å². The molecule has 8 nitrogen and oxygen atoms in total. The third-order valence-electron chi connectivity index (χ3n) is 4.19. The molecule has 0 aliphatic rings. The van der Waals surface area contributed by atoms with E-state index < -0.39 is 10.8 Å². The number of amides is 2. The lowest BCUT2D eigenvalue weighted by molar-refractivity contribution is -0.385. The molecule has 30 heavy (non-hydrogen) atoms. The van der Waals surface area contributed by atoms with E-state index in [1.165, 1.54) is 18.3 Å². The van der Waals surface area contributed by atoms with Crippen LogP contribution in [0.3, 0.4) is 0 Å². The van der Waals surface area contributed by atoms with Gasteiger partial charge in [-0.2, -0.15) is 5.10 Å². The van der Waals surface area contributed by atoms with E-state index in [2.05, 4.69) is 15.8 Å². The predicted octanol–water partition coefficient (Wildman–Crippen LogP) is 3.92. The molecular formula is C22H18N4O4. The molecule has 0 saturated heterocycles. The summed E-state index contributed by atoms with van der Waals surface area (Å²) in [5.74, 6) is -0.730. The minimum Gasteiger partial charge on any atom is -0.322 e. The molecular weight excluding hydrogens is 384 g/mol. The highest BCUT2D eigenvalue weighted by Gasteiger charge is 2.11. The van der Waals surface area contributed by atoms with Crippen LogP contribution in [0.15, 0.2) is 77.9 Å². The number of anilines is 1. The summed E-state index contributed by atoms with van der Waals surface area (Å²) < 4.78 is 0. The lowest BCUT2D eigenvalue weighted by atomic mass is 10.1. The van der Waals surface area contributed by atoms with E-state index in [-0.39, 0.29) is 17.2 Å². The van der Waals surface area contributed by atoms with Crippen LogP contribution < -0.4 is 10.7 Å². The Kier molecular flexibility index (Phi) is 6.29. The van der Waals surface area contributed by atoms with Gasteiger partial charge in [0.15, 0.2) is 0 Å². The fraction of sp³-hybridized carbons (Fsp3) is 0.0455. The van der Waals surface area contributed by atoms with Gasteiger partial charge < -0.3 is 5.32 Å². The molecule has 150 valence electrons. The normalized spacial score (nSPS) is 10.6. The number of benzene rings is 3. The van der Waals surface area contributed by atoms with E-state index in [1.54, 1.807) is 48.5 Å². The van der Waals surface area contributed by atoms with Crippen LogP contribution in [-0.2, 0) is 0 Å². The predicted molar refractivity (Wildman–Crippen MR) is 114 cm³/mol. The molecule has 3 rings (SSSR count). The SMILES string of the molecule is Cc1cccc(C(=O)Nc2ccc(C(=O)N/N=C/c3ccccc3[N+](=O)[O-])cc2)c1. The molecule has 0 fully saturated rings. The molecule has 0 unspecified atom stereocenters. The second-order valence-electron chi connectivity index (χ2n) is 6.42. The summed E-state index contributed by atoms with van der Waals surface area (Å²) in [6.07, 6.45) is 1.21. The van der Waals surface area contributed by atoms with Crippen LogP contribution in [0.2, 0.25) is 0 Å². The number of nitrogens with one attached hydrogen (secondary N) is 2. The van der Waals surface area contributed by atoms with Crippen LogP contribution in [0.1, 0.15) is 31.8 Å². The summed E-state index contributed by atoms with van der Waals surface area (Å²) in [6.45, 7) is 1.91. The number of carbonyl (C=O) groups excluding carboxylic acids is 2. The Morgan fingerprint density at radius 3 is 2.37 bits per heavy atom. The van der Waals surface area contributed by atoms with Crippen LogP contribution >= 0.6 is 0 Å². The van der Waals surface area contributed by atoms with Crippen molar-refractivity contribution in [3.63, 3.8) is 0 Å². The van der Waals surface area contributed by atoms with Crippen LogP contribution in [0.4, 0.5) is 11.4 Å². The van der Waals surface area contributed by atoms with Crippen LogP contribution in [0, 0.1) is 17.0 Å². The van der Waals surface area contributed by atoms with Crippen molar-refractivity contribution < 1.29 is 14.5 Å². The van der Waals surface area contributed by atoms with Crippen molar-refractivity contribution in [2.75, 3.05) is 5.32 Å². The van der Waals surface area contributed by atoms with Crippen molar-refractivity contribution in [1.29, 1.82) is 0 Å². The van der Waals surface area contributed by atoms with E-state index in [4.69, 9.17) is 0 Å². The fourth-order valence-corrected chi connectivity index (χ4v) is 2.68. The average molecular weight is 402 g/mol. The summed E-state index contributed by atoms with van der Waals surface area (Å²) in [7, 11) is 0. The highest BCUT2D eigenvalue weighted by atomic mass is 16.6. The molecule has 3 aromatic rings. The second-order valence-corrected chi connectivity index (χ2v) is 6.42. The summed E-state index contributed by atoms with van der Waals surface area (Å²) in [5.41, 5.74) is 4.88. The van der Waals surface area contributed by atoms with Gasteiger partial charge in [-0.05, 0) is 49.4 Å². The molecule has 0 radical (unpaired) electrons. The number of nitro benzene ring substituents is 1. The zero-order chi connectivity index (χ0) is 21.5. The highest BCUT2D eigenvalue weighted by Crippen LogP contribution is 2.15. The maximum absolute atomic E-state index is 12.3. The molecule has 2 N–H and O–H groups in total. The standard InChI is InChI=1S/C22H18N4O4/c1-15-5-4-7-17(13-15)21(27)24-19-11-9-16(10-12-19)22(28)25-23-14-18-6-2-3-8-20(18)26(29)30/h2-14H,1H3,(H,24,27)(H,25,28)/b23-14+. The first kappa shape index (κ1) is 20.4. The lowest BCUT2D eigenvalue weighted by Gasteiger charge is -2.07. The van der Waals surface area contributed by atoms with Crippen molar-refractivity contribution in [3.05, 3.63) is 105 Å². The van der Waals surface area contributed by atoms with E-state index in [0.29, 0.717) is 16.8 Å². The maximum Gasteiger partial charge on any atom is 0.278 e. The minimum absolute atomic E-state index is 0.107. The summed E-state index contributed by atoms with van der Waals surface area (Å²) in [5, 5.41) is 17.5. The monoisotopic (exact) mass is 402 g/mol. The van der Waals surface area contributed by atoms with Crippen LogP contribution in [-0.4, -0.2) is 23.0 Å². The summed E-state index contributed by atoms with van der Waals surface area (Å²) in [6, 6.07) is 19.6. The van der Waals surface area contributed by atoms with Gasteiger partial charge >= 0.3 is 0 Å². The van der Waals surface area contributed by atoms with E-state index >= 15 is 0 Å². The Bertz CT molecular complexity index is 1120. The molecule has 2 amide bonds. The third-order valence-corrected chi connectivity index (χ3v) is 4.19. The van der Waals surface area contributed by atoms with Gasteiger partial charge in [-0.1, -0.05) is 29.8 Å². The Labute approximate surface area is 172 Å².